The normalized spacial score (nSPS) is 17.5. The first-order valence-electron chi connectivity index (χ1n) is 7.73. The number of likely N-dealkylation sites (tertiary alicyclic amines) is 1. The van der Waals surface area contributed by atoms with E-state index < -0.39 is 10.8 Å². The van der Waals surface area contributed by atoms with Gasteiger partial charge in [0.15, 0.2) is 4.77 Å². The Balaban J connectivity index is 1.88. The fourth-order valence-corrected chi connectivity index (χ4v) is 3.42. The van der Waals surface area contributed by atoms with Crippen LogP contribution in [0.15, 0.2) is 18.2 Å². The predicted molar refractivity (Wildman–Crippen MR) is 94.4 cm³/mol. The van der Waals surface area contributed by atoms with Gasteiger partial charge in [-0.05, 0) is 37.2 Å². The summed E-state index contributed by atoms with van der Waals surface area (Å²) >= 11 is 11.1. The monoisotopic (exact) mass is 381 g/mol. The molecular weight excluding hydrogens is 366 g/mol. The van der Waals surface area contributed by atoms with Gasteiger partial charge < -0.3 is 9.47 Å². The third-order valence-electron chi connectivity index (χ3n) is 4.37. The molecule has 0 aliphatic carbocycles. The van der Waals surface area contributed by atoms with Crippen LogP contribution in [0.25, 0.3) is 0 Å². The molecule has 0 saturated carbocycles. The molecule has 2 aromatic rings. The lowest BCUT2D eigenvalue weighted by molar-refractivity contribution is -0.385. The van der Waals surface area contributed by atoms with Crippen molar-refractivity contribution < 1.29 is 9.72 Å². The van der Waals surface area contributed by atoms with Gasteiger partial charge in [0.25, 0.3) is 11.6 Å². The first kappa shape index (κ1) is 17.6. The van der Waals surface area contributed by atoms with E-state index in [9.17, 15) is 14.9 Å². The first-order valence-corrected chi connectivity index (χ1v) is 8.51. The van der Waals surface area contributed by atoms with Crippen molar-refractivity contribution in [3.05, 3.63) is 49.5 Å². The summed E-state index contributed by atoms with van der Waals surface area (Å²) in [6.45, 7) is 0.962. The Bertz CT molecular complexity index is 894. The minimum Gasteiger partial charge on any atom is -0.338 e. The number of aromatic nitrogens is 3. The fraction of sp³-hybridized carbons (Fsp3) is 0.400. The lowest BCUT2D eigenvalue weighted by Gasteiger charge is -2.32. The maximum atomic E-state index is 12.9. The number of nitrogens with zero attached hydrogens (tertiary/aromatic N) is 4. The average Bonchev–Trinajstić information content (AvgIpc) is 2.93. The van der Waals surface area contributed by atoms with E-state index in [1.54, 1.807) is 9.47 Å². The Hall–Kier alpha value is -2.26. The summed E-state index contributed by atoms with van der Waals surface area (Å²) in [7, 11) is 1.82. The van der Waals surface area contributed by atoms with E-state index in [2.05, 4.69) is 10.2 Å². The molecular formula is C15H16ClN5O3S. The van der Waals surface area contributed by atoms with Gasteiger partial charge in [-0.2, -0.15) is 5.10 Å². The zero-order chi connectivity index (χ0) is 18.1. The number of piperidine rings is 1. The number of halogens is 1. The fourth-order valence-electron chi connectivity index (χ4n) is 3.11. The van der Waals surface area contributed by atoms with Crippen LogP contribution in [-0.2, 0) is 7.05 Å². The Labute approximate surface area is 153 Å². The van der Waals surface area contributed by atoms with Gasteiger partial charge in [-0.3, -0.25) is 20.0 Å². The van der Waals surface area contributed by atoms with Crippen LogP contribution in [0.2, 0.25) is 5.02 Å². The van der Waals surface area contributed by atoms with Crippen molar-refractivity contribution >= 4 is 35.4 Å². The maximum absolute atomic E-state index is 12.9. The molecule has 1 amide bonds. The van der Waals surface area contributed by atoms with E-state index in [4.69, 9.17) is 23.8 Å². The summed E-state index contributed by atoms with van der Waals surface area (Å²) in [4.78, 5) is 25.1. The third kappa shape index (κ3) is 3.42. The minimum atomic E-state index is -0.567. The highest BCUT2D eigenvalue weighted by Crippen LogP contribution is 2.29. The summed E-state index contributed by atoms with van der Waals surface area (Å²) in [6, 6.07) is 4.01. The molecule has 1 aliphatic heterocycles. The highest BCUT2D eigenvalue weighted by Gasteiger charge is 2.31. The molecule has 1 atom stereocenters. The van der Waals surface area contributed by atoms with Crippen LogP contribution in [0.5, 0.6) is 0 Å². The van der Waals surface area contributed by atoms with Gasteiger partial charge in [-0.15, -0.1) is 0 Å². The molecule has 132 valence electrons. The molecule has 0 spiro atoms. The molecule has 3 rings (SSSR count). The number of nitro benzene ring substituents is 1. The van der Waals surface area contributed by atoms with Gasteiger partial charge in [0.05, 0.1) is 4.92 Å². The van der Waals surface area contributed by atoms with Gasteiger partial charge in [0.2, 0.25) is 0 Å². The van der Waals surface area contributed by atoms with Crippen LogP contribution in [0.1, 0.15) is 34.9 Å². The maximum Gasteiger partial charge on any atom is 0.282 e. The van der Waals surface area contributed by atoms with Crippen LogP contribution >= 0.6 is 23.8 Å². The van der Waals surface area contributed by atoms with E-state index in [0.717, 1.165) is 18.7 Å². The van der Waals surface area contributed by atoms with Gasteiger partial charge in [0, 0.05) is 37.1 Å². The van der Waals surface area contributed by atoms with Crippen LogP contribution in [0.3, 0.4) is 0 Å². The number of carbonyl (C=O) groups is 1. The molecule has 1 saturated heterocycles. The number of hydrogen-bond donors (Lipinski definition) is 1. The standard InChI is InChI=1S/C15H16ClN5O3S/c1-19-13(17-18-15(19)25)9-3-2-6-20(8-9)14(22)11-7-10(16)4-5-12(11)21(23)24/h4-5,7,9H,2-3,6,8H2,1H3,(H,18,25). The molecule has 1 aromatic carbocycles. The second kappa shape index (κ2) is 6.93. The predicted octanol–water partition coefficient (Wildman–Crippen LogP) is 3.06. The van der Waals surface area contributed by atoms with E-state index in [1.807, 2.05) is 7.05 Å². The Morgan fingerprint density at radius 2 is 2.28 bits per heavy atom. The second-order valence-corrected chi connectivity index (χ2v) is 6.78. The highest BCUT2D eigenvalue weighted by atomic mass is 35.5. The number of nitrogens with one attached hydrogen (secondary N) is 1. The van der Waals surface area contributed by atoms with Crippen molar-refractivity contribution in [3.63, 3.8) is 0 Å². The Morgan fingerprint density at radius 1 is 1.52 bits per heavy atom. The number of benzene rings is 1. The van der Waals surface area contributed by atoms with E-state index in [1.165, 1.54) is 18.2 Å². The van der Waals surface area contributed by atoms with Gasteiger partial charge in [0.1, 0.15) is 11.4 Å². The van der Waals surface area contributed by atoms with Crippen LogP contribution < -0.4 is 0 Å². The number of rotatable bonds is 3. The lowest BCUT2D eigenvalue weighted by Crippen LogP contribution is -2.40. The van der Waals surface area contributed by atoms with E-state index in [-0.39, 0.29) is 22.2 Å². The van der Waals surface area contributed by atoms with Gasteiger partial charge in [-0.1, -0.05) is 11.6 Å². The van der Waals surface area contributed by atoms with Gasteiger partial charge >= 0.3 is 0 Å². The van der Waals surface area contributed by atoms with Crippen LogP contribution in [0.4, 0.5) is 5.69 Å². The SMILES string of the molecule is Cn1c(C2CCCN(C(=O)c3cc(Cl)ccc3[N+](=O)[O-])C2)n[nH]c1=S. The summed E-state index contributed by atoms with van der Waals surface area (Å²) in [5, 5.41) is 18.5. The topological polar surface area (TPSA) is 97.1 Å². The minimum absolute atomic E-state index is 0.00788. The first-order chi connectivity index (χ1) is 11.9. The summed E-state index contributed by atoms with van der Waals surface area (Å²) < 4.78 is 2.31. The molecule has 10 heteroatoms. The van der Waals surface area contributed by atoms with Crippen LogP contribution in [0, 0.1) is 14.9 Å². The molecule has 25 heavy (non-hydrogen) atoms. The molecule has 1 N–H and O–H groups in total. The summed E-state index contributed by atoms with van der Waals surface area (Å²) in [6.07, 6.45) is 1.65. The number of H-pyrrole nitrogens is 1. The second-order valence-electron chi connectivity index (χ2n) is 5.95. The number of carbonyl (C=O) groups excluding carboxylic acids is 1. The number of hydrogen-bond acceptors (Lipinski definition) is 5. The Morgan fingerprint density at radius 3 is 2.92 bits per heavy atom. The summed E-state index contributed by atoms with van der Waals surface area (Å²) in [5.74, 6) is 0.410. The molecule has 1 unspecified atom stereocenters. The number of amides is 1. The zero-order valence-corrected chi connectivity index (χ0v) is 15.0. The third-order valence-corrected chi connectivity index (χ3v) is 4.97. The Kier molecular flexibility index (Phi) is 4.87. The van der Waals surface area contributed by atoms with Gasteiger partial charge in [-0.25, -0.2) is 0 Å². The van der Waals surface area contributed by atoms with E-state index in [0.29, 0.717) is 17.9 Å². The van der Waals surface area contributed by atoms with E-state index >= 15 is 0 Å². The molecule has 1 aliphatic rings. The quantitative estimate of drug-likeness (QED) is 0.500. The van der Waals surface area contributed by atoms with Crippen molar-refractivity contribution in [1.29, 1.82) is 0 Å². The molecule has 0 radical (unpaired) electrons. The summed E-state index contributed by atoms with van der Waals surface area (Å²) in [5.41, 5.74) is -0.233. The lowest BCUT2D eigenvalue weighted by atomic mass is 9.96. The molecule has 2 heterocycles. The molecule has 8 nitrogen and oxygen atoms in total. The largest absolute Gasteiger partial charge is 0.338 e. The smallest absolute Gasteiger partial charge is 0.282 e. The van der Waals surface area contributed by atoms with Crippen LogP contribution in [-0.4, -0.2) is 43.6 Å². The number of nitro groups is 1. The number of aromatic amines is 1. The van der Waals surface area contributed by atoms with Crippen molar-refractivity contribution in [2.75, 3.05) is 13.1 Å². The zero-order valence-electron chi connectivity index (χ0n) is 13.4. The highest BCUT2D eigenvalue weighted by molar-refractivity contribution is 7.71. The molecule has 1 aromatic heterocycles. The molecule has 1 fully saturated rings. The van der Waals surface area contributed by atoms with Crippen molar-refractivity contribution in [1.82, 2.24) is 19.7 Å². The van der Waals surface area contributed by atoms with Crippen molar-refractivity contribution in [3.8, 4) is 0 Å². The molecule has 0 bridgehead atoms. The average molecular weight is 382 g/mol. The van der Waals surface area contributed by atoms with Crippen molar-refractivity contribution in [2.24, 2.45) is 7.05 Å². The van der Waals surface area contributed by atoms with Crippen molar-refractivity contribution in [2.45, 2.75) is 18.8 Å².